The number of methoxy groups -OCH3 is 1. The van der Waals surface area contributed by atoms with Crippen molar-refractivity contribution in [1.29, 1.82) is 0 Å². The molecule has 136 valence electrons. The number of aromatic nitrogens is 3. The summed E-state index contributed by atoms with van der Waals surface area (Å²) in [5, 5.41) is 4.74. The lowest BCUT2D eigenvalue weighted by atomic mass is 10.0. The maximum Gasteiger partial charge on any atom is 0.135 e. The molecule has 2 aromatic heterocycles. The van der Waals surface area contributed by atoms with Crippen molar-refractivity contribution in [2.45, 2.75) is 13.0 Å². The third kappa shape index (κ3) is 3.36. The van der Waals surface area contributed by atoms with E-state index in [1.807, 2.05) is 60.4 Å². The lowest BCUT2D eigenvalue weighted by Crippen LogP contribution is -2.17. The zero-order valence-corrected chi connectivity index (χ0v) is 15.7. The molecule has 0 bridgehead atoms. The number of nitrogens with zero attached hydrogens (tertiary/aromatic N) is 3. The van der Waals surface area contributed by atoms with Gasteiger partial charge in [0, 0.05) is 24.8 Å². The van der Waals surface area contributed by atoms with Gasteiger partial charge < -0.3 is 14.6 Å². The Hall–Kier alpha value is -3.34. The van der Waals surface area contributed by atoms with Crippen molar-refractivity contribution < 1.29 is 4.74 Å². The summed E-state index contributed by atoms with van der Waals surface area (Å²) in [5.74, 6) is 2.55. The van der Waals surface area contributed by atoms with Gasteiger partial charge in [-0.15, -0.1) is 0 Å². The van der Waals surface area contributed by atoms with Crippen LogP contribution in [0.4, 0.5) is 5.82 Å². The first kappa shape index (κ1) is 17.1. The molecular formula is C22H22N4O. The molecule has 1 N–H and O–H groups in total. The lowest BCUT2D eigenvalue weighted by Gasteiger charge is -2.21. The van der Waals surface area contributed by atoms with Crippen LogP contribution in [-0.2, 0) is 7.05 Å². The minimum Gasteiger partial charge on any atom is -0.497 e. The zero-order chi connectivity index (χ0) is 18.8. The maximum atomic E-state index is 5.41. The van der Waals surface area contributed by atoms with Crippen LogP contribution >= 0.6 is 0 Å². The summed E-state index contributed by atoms with van der Waals surface area (Å²) >= 11 is 0. The molecule has 0 aliphatic carbocycles. The van der Waals surface area contributed by atoms with Gasteiger partial charge in [0.25, 0.3) is 0 Å². The Morgan fingerprint density at radius 3 is 2.70 bits per heavy atom. The van der Waals surface area contributed by atoms with Gasteiger partial charge >= 0.3 is 0 Å². The minimum atomic E-state index is -0.145. The number of anilines is 1. The number of pyridine rings is 1. The predicted molar refractivity (Wildman–Crippen MR) is 108 cm³/mol. The summed E-state index contributed by atoms with van der Waals surface area (Å²) in [6, 6.07) is 18.2. The van der Waals surface area contributed by atoms with Crippen molar-refractivity contribution in [1.82, 2.24) is 14.5 Å². The van der Waals surface area contributed by atoms with Gasteiger partial charge in [0.15, 0.2) is 0 Å². The smallest absolute Gasteiger partial charge is 0.135 e. The average Bonchev–Trinajstić information content (AvgIpc) is 3.12. The highest BCUT2D eigenvalue weighted by molar-refractivity contribution is 5.83. The quantitative estimate of drug-likeness (QED) is 0.571. The standard InChI is InChI=1S/C22H22N4O/c1-15-13-20(24-19-10-5-4-9-18(15)19)25-21(22-23-11-12-26(22)2)16-7-6-8-17(14-16)27-3/h4-14,21H,1-3H3,(H,24,25). The van der Waals surface area contributed by atoms with Gasteiger partial charge in [0.1, 0.15) is 23.4 Å². The van der Waals surface area contributed by atoms with E-state index >= 15 is 0 Å². The number of ether oxygens (including phenoxy) is 1. The Balaban J connectivity index is 1.79. The van der Waals surface area contributed by atoms with Crippen LogP contribution in [0.15, 0.2) is 67.0 Å². The number of nitrogens with one attached hydrogen (secondary N) is 1. The first-order valence-corrected chi connectivity index (χ1v) is 8.90. The van der Waals surface area contributed by atoms with E-state index in [0.717, 1.165) is 33.9 Å². The van der Waals surface area contributed by atoms with Gasteiger partial charge in [0.05, 0.1) is 12.6 Å². The van der Waals surface area contributed by atoms with Crippen LogP contribution in [0.5, 0.6) is 5.75 Å². The fourth-order valence-electron chi connectivity index (χ4n) is 3.34. The molecule has 4 rings (SSSR count). The van der Waals surface area contributed by atoms with Crippen molar-refractivity contribution >= 4 is 16.7 Å². The topological polar surface area (TPSA) is 52.0 Å². The summed E-state index contributed by atoms with van der Waals surface area (Å²) in [7, 11) is 3.67. The Labute approximate surface area is 158 Å². The number of hydrogen-bond donors (Lipinski definition) is 1. The fraction of sp³-hybridized carbons (Fsp3) is 0.182. The second-order valence-electron chi connectivity index (χ2n) is 6.59. The number of fused-ring (bicyclic) bond motifs is 1. The molecule has 0 aliphatic rings. The third-order valence-electron chi connectivity index (χ3n) is 4.76. The molecule has 0 radical (unpaired) electrons. The van der Waals surface area contributed by atoms with E-state index < -0.39 is 0 Å². The molecule has 5 heteroatoms. The molecule has 5 nitrogen and oxygen atoms in total. The minimum absolute atomic E-state index is 0.145. The second-order valence-corrected chi connectivity index (χ2v) is 6.59. The molecule has 0 aliphatic heterocycles. The van der Waals surface area contributed by atoms with Gasteiger partial charge in [-0.3, -0.25) is 0 Å². The predicted octanol–water partition coefficient (Wildman–Crippen LogP) is 4.49. The van der Waals surface area contributed by atoms with E-state index in [1.54, 1.807) is 7.11 Å². The van der Waals surface area contributed by atoms with Crippen molar-refractivity contribution in [2.24, 2.45) is 7.05 Å². The highest BCUT2D eigenvalue weighted by atomic mass is 16.5. The molecule has 4 aromatic rings. The summed E-state index contributed by atoms with van der Waals surface area (Å²) in [6.45, 7) is 2.11. The van der Waals surface area contributed by atoms with Gasteiger partial charge in [0.2, 0.25) is 0 Å². The van der Waals surface area contributed by atoms with Crippen molar-refractivity contribution in [3.63, 3.8) is 0 Å². The molecule has 0 amide bonds. The van der Waals surface area contributed by atoms with Gasteiger partial charge in [-0.1, -0.05) is 30.3 Å². The molecule has 0 spiro atoms. The number of benzene rings is 2. The van der Waals surface area contributed by atoms with Crippen molar-refractivity contribution in [2.75, 3.05) is 12.4 Å². The molecule has 1 unspecified atom stereocenters. The number of hydrogen-bond acceptors (Lipinski definition) is 4. The van der Waals surface area contributed by atoms with Gasteiger partial charge in [-0.05, 0) is 42.3 Å². The highest BCUT2D eigenvalue weighted by Crippen LogP contribution is 2.29. The average molecular weight is 358 g/mol. The summed E-state index contributed by atoms with van der Waals surface area (Å²) in [6.07, 6.45) is 3.76. The van der Waals surface area contributed by atoms with Crippen molar-refractivity contribution in [3.8, 4) is 5.75 Å². The second kappa shape index (κ2) is 7.11. The monoisotopic (exact) mass is 358 g/mol. The third-order valence-corrected chi connectivity index (χ3v) is 4.76. The van der Waals surface area contributed by atoms with E-state index in [0.29, 0.717) is 0 Å². The Morgan fingerprint density at radius 1 is 1.07 bits per heavy atom. The van der Waals surface area contributed by atoms with Gasteiger partial charge in [-0.2, -0.15) is 0 Å². The molecule has 1 atom stereocenters. The van der Waals surface area contributed by atoms with Crippen LogP contribution in [0, 0.1) is 6.92 Å². The number of imidazole rings is 1. The van der Waals surface area contributed by atoms with E-state index in [4.69, 9.17) is 9.72 Å². The van der Waals surface area contributed by atoms with E-state index in [2.05, 4.69) is 35.4 Å². The Morgan fingerprint density at radius 2 is 1.93 bits per heavy atom. The summed E-state index contributed by atoms with van der Waals surface area (Å²) < 4.78 is 7.43. The SMILES string of the molecule is COc1cccc(C(Nc2cc(C)c3ccccc3n2)c2nccn2C)c1. The van der Waals surface area contributed by atoms with E-state index in [-0.39, 0.29) is 6.04 Å². The van der Waals surface area contributed by atoms with Crippen LogP contribution in [0.2, 0.25) is 0 Å². The lowest BCUT2D eigenvalue weighted by molar-refractivity contribution is 0.414. The van der Waals surface area contributed by atoms with E-state index in [9.17, 15) is 0 Å². The molecular weight excluding hydrogens is 336 g/mol. The van der Waals surface area contributed by atoms with E-state index in [1.165, 1.54) is 5.56 Å². The van der Waals surface area contributed by atoms with Gasteiger partial charge in [-0.25, -0.2) is 9.97 Å². The molecule has 2 aromatic carbocycles. The molecule has 0 saturated carbocycles. The molecule has 0 saturated heterocycles. The van der Waals surface area contributed by atoms with Crippen LogP contribution in [0.3, 0.4) is 0 Å². The summed E-state index contributed by atoms with van der Waals surface area (Å²) in [4.78, 5) is 9.36. The number of aryl methyl sites for hydroxylation is 2. The van der Waals surface area contributed by atoms with Crippen LogP contribution in [0.25, 0.3) is 10.9 Å². The zero-order valence-electron chi connectivity index (χ0n) is 15.7. The Kier molecular flexibility index (Phi) is 4.50. The van der Waals surface area contributed by atoms with Crippen LogP contribution in [-0.4, -0.2) is 21.6 Å². The maximum absolute atomic E-state index is 5.41. The molecule has 2 heterocycles. The molecule has 27 heavy (non-hydrogen) atoms. The van der Waals surface area contributed by atoms with Crippen LogP contribution < -0.4 is 10.1 Å². The number of para-hydroxylation sites is 1. The highest BCUT2D eigenvalue weighted by Gasteiger charge is 2.20. The molecule has 0 fully saturated rings. The van der Waals surface area contributed by atoms with Crippen LogP contribution in [0.1, 0.15) is 23.0 Å². The first-order chi connectivity index (χ1) is 13.2. The fourth-order valence-corrected chi connectivity index (χ4v) is 3.34. The summed E-state index contributed by atoms with van der Waals surface area (Å²) in [5.41, 5.74) is 3.23. The Bertz CT molecular complexity index is 1090. The number of rotatable bonds is 5. The first-order valence-electron chi connectivity index (χ1n) is 8.90. The van der Waals surface area contributed by atoms with Crippen molar-refractivity contribution in [3.05, 3.63) is 83.9 Å². The largest absolute Gasteiger partial charge is 0.497 e. The normalized spacial score (nSPS) is 12.1.